The zero-order valence-electron chi connectivity index (χ0n) is 17.0. The monoisotopic (exact) mass is 388 g/mol. The van der Waals surface area contributed by atoms with Crippen molar-refractivity contribution in [3.8, 4) is 17.2 Å². The summed E-state index contributed by atoms with van der Waals surface area (Å²) in [6.07, 6.45) is 2.61. The number of nitrogens with one attached hydrogen (secondary N) is 2. The Labute approximate surface area is 165 Å². The first-order valence-electron chi connectivity index (χ1n) is 8.94. The van der Waals surface area contributed by atoms with Crippen LogP contribution >= 0.6 is 0 Å². The number of carbonyl (C=O) groups is 1. The Balaban J connectivity index is 2.09. The molecule has 1 heterocycles. The van der Waals surface area contributed by atoms with Crippen LogP contribution in [0.1, 0.15) is 16.9 Å². The summed E-state index contributed by atoms with van der Waals surface area (Å²) >= 11 is 0. The standard InChI is InChI=1S/C20H28N4O4/c1-24(2)10-6-8-21-14-7-9-22-16(11-14)20(25)23-15-12-17(26-3)19(28-5)18(13-15)27-4/h7,9,11-13H,6,8,10H2,1-5H3,(H,21,22)(H,23,25). The minimum absolute atomic E-state index is 0.311. The molecule has 8 heteroatoms. The molecule has 0 aliphatic heterocycles. The van der Waals surface area contributed by atoms with Gasteiger partial charge in [0.2, 0.25) is 5.75 Å². The molecule has 0 saturated carbocycles. The van der Waals surface area contributed by atoms with Crippen molar-refractivity contribution in [3.05, 3.63) is 36.2 Å². The minimum atomic E-state index is -0.328. The Kier molecular flexibility index (Phi) is 7.88. The van der Waals surface area contributed by atoms with Gasteiger partial charge in [-0.25, -0.2) is 0 Å². The van der Waals surface area contributed by atoms with Gasteiger partial charge in [0.25, 0.3) is 5.91 Å². The van der Waals surface area contributed by atoms with Crippen LogP contribution in [0.4, 0.5) is 11.4 Å². The molecule has 1 aromatic heterocycles. The van der Waals surface area contributed by atoms with Gasteiger partial charge in [-0.05, 0) is 39.2 Å². The molecule has 1 aromatic carbocycles. The molecular weight excluding hydrogens is 360 g/mol. The molecule has 0 spiro atoms. The number of ether oxygens (including phenoxy) is 3. The summed E-state index contributed by atoms with van der Waals surface area (Å²) in [7, 11) is 8.65. The van der Waals surface area contributed by atoms with Crippen LogP contribution in [0.15, 0.2) is 30.5 Å². The van der Waals surface area contributed by atoms with Gasteiger partial charge in [0.15, 0.2) is 11.5 Å². The third-order valence-electron chi connectivity index (χ3n) is 4.03. The van der Waals surface area contributed by atoms with E-state index in [0.717, 1.165) is 25.2 Å². The molecule has 28 heavy (non-hydrogen) atoms. The van der Waals surface area contributed by atoms with E-state index in [-0.39, 0.29) is 5.91 Å². The summed E-state index contributed by atoms with van der Waals surface area (Å²) < 4.78 is 15.9. The van der Waals surface area contributed by atoms with E-state index in [1.54, 1.807) is 24.4 Å². The number of pyridine rings is 1. The lowest BCUT2D eigenvalue weighted by atomic mass is 10.2. The Bertz CT molecular complexity index is 771. The lowest BCUT2D eigenvalue weighted by Crippen LogP contribution is -2.17. The van der Waals surface area contributed by atoms with Crippen LogP contribution in [0.2, 0.25) is 0 Å². The SMILES string of the molecule is COc1cc(NC(=O)c2cc(NCCCN(C)C)ccn2)cc(OC)c1OC. The Morgan fingerprint density at radius 1 is 1.04 bits per heavy atom. The summed E-state index contributed by atoms with van der Waals surface area (Å²) in [5, 5.41) is 6.12. The van der Waals surface area contributed by atoms with Crippen LogP contribution in [0.25, 0.3) is 0 Å². The third-order valence-corrected chi connectivity index (χ3v) is 4.03. The van der Waals surface area contributed by atoms with Crippen molar-refractivity contribution in [1.29, 1.82) is 0 Å². The largest absolute Gasteiger partial charge is 0.493 e. The van der Waals surface area contributed by atoms with Crippen LogP contribution in [-0.4, -0.2) is 64.3 Å². The first kappa shape index (κ1) is 21.3. The number of hydrogen-bond donors (Lipinski definition) is 2. The van der Waals surface area contributed by atoms with Gasteiger partial charge in [0.1, 0.15) is 5.69 Å². The predicted molar refractivity (Wildman–Crippen MR) is 110 cm³/mol. The Morgan fingerprint density at radius 3 is 2.29 bits per heavy atom. The van der Waals surface area contributed by atoms with Crippen LogP contribution in [0.3, 0.4) is 0 Å². The molecule has 2 aromatic rings. The zero-order valence-corrected chi connectivity index (χ0v) is 17.0. The molecular formula is C20H28N4O4. The molecule has 0 bridgehead atoms. The number of rotatable bonds is 10. The van der Waals surface area contributed by atoms with E-state index in [1.165, 1.54) is 21.3 Å². The van der Waals surface area contributed by atoms with Gasteiger partial charge >= 0.3 is 0 Å². The van der Waals surface area contributed by atoms with Crippen LogP contribution in [-0.2, 0) is 0 Å². The topological polar surface area (TPSA) is 85.0 Å². The lowest BCUT2D eigenvalue weighted by molar-refractivity contribution is 0.102. The van der Waals surface area contributed by atoms with E-state index in [2.05, 4.69) is 20.5 Å². The average molecular weight is 388 g/mol. The van der Waals surface area contributed by atoms with Gasteiger partial charge in [0, 0.05) is 36.2 Å². The van der Waals surface area contributed by atoms with Crippen molar-refractivity contribution in [1.82, 2.24) is 9.88 Å². The highest BCUT2D eigenvalue weighted by Crippen LogP contribution is 2.40. The third kappa shape index (κ3) is 5.75. The van der Waals surface area contributed by atoms with Gasteiger partial charge in [0.05, 0.1) is 21.3 Å². The molecule has 1 amide bonds. The highest BCUT2D eigenvalue weighted by molar-refractivity contribution is 6.03. The summed E-state index contributed by atoms with van der Waals surface area (Å²) in [5.74, 6) is 1.05. The number of carbonyl (C=O) groups excluding carboxylic acids is 1. The number of hydrogen-bond acceptors (Lipinski definition) is 7. The van der Waals surface area contributed by atoms with E-state index < -0.39 is 0 Å². The normalized spacial score (nSPS) is 10.5. The summed E-state index contributed by atoms with van der Waals surface area (Å²) in [6, 6.07) is 6.90. The number of aromatic nitrogens is 1. The van der Waals surface area contributed by atoms with Crippen molar-refractivity contribution in [3.63, 3.8) is 0 Å². The van der Waals surface area contributed by atoms with Crippen LogP contribution < -0.4 is 24.8 Å². The maximum absolute atomic E-state index is 12.6. The maximum atomic E-state index is 12.6. The van der Waals surface area contributed by atoms with Gasteiger partial charge in [-0.15, -0.1) is 0 Å². The molecule has 0 aliphatic rings. The fraction of sp³-hybridized carbons (Fsp3) is 0.400. The van der Waals surface area contributed by atoms with Crippen LogP contribution in [0.5, 0.6) is 17.2 Å². The van der Waals surface area contributed by atoms with Gasteiger partial charge in [-0.2, -0.15) is 0 Å². The molecule has 8 nitrogen and oxygen atoms in total. The number of methoxy groups -OCH3 is 3. The quantitative estimate of drug-likeness (QED) is 0.605. The molecule has 0 radical (unpaired) electrons. The summed E-state index contributed by atoms with van der Waals surface area (Å²) in [4.78, 5) is 18.9. The second-order valence-electron chi connectivity index (χ2n) is 6.38. The van der Waals surface area contributed by atoms with E-state index in [1.807, 2.05) is 20.2 Å². The lowest BCUT2D eigenvalue weighted by Gasteiger charge is -2.14. The van der Waals surface area contributed by atoms with E-state index in [0.29, 0.717) is 28.6 Å². The molecule has 0 saturated heterocycles. The van der Waals surface area contributed by atoms with E-state index >= 15 is 0 Å². The smallest absolute Gasteiger partial charge is 0.274 e. The predicted octanol–water partition coefficient (Wildman–Crippen LogP) is 2.72. The molecule has 2 N–H and O–H groups in total. The van der Waals surface area contributed by atoms with Crippen molar-refractivity contribution in [2.45, 2.75) is 6.42 Å². The van der Waals surface area contributed by atoms with Gasteiger partial charge in [-0.1, -0.05) is 0 Å². The number of nitrogens with zero attached hydrogens (tertiary/aromatic N) is 2. The molecule has 0 fully saturated rings. The Morgan fingerprint density at radius 2 is 1.71 bits per heavy atom. The fourth-order valence-corrected chi connectivity index (χ4v) is 2.64. The number of amides is 1. The average Bonchev–Trinajstić information content (AvgIpc) is 2.70. The number of benzene rings is 1. The summed E-state index contributed by atoms with van der Waals surface area (Å²) in [6.45, 7) is 1.81. The molecule has 2 rings (SSSR count). The first-order valence-corrected chi connectivity index (χ1v) is 8.94. The zero-order chi connectivity index (χ0) is 20.5. The van der Waals surface area contributed by atoms with Crippen molar-refractivity contribution < 1.29 is 19.0 Å². The number of anilines is 2. The molecule has 0 aliphatic carbocycles. The van der Waals surface area contributed by atoms with Crippen molar-refractivity contribution in [2.75, 3.05) is 59.1 Å². The maximum Gasteiger partial charge on any atom is 0.274 e. The fourth-order valence-electron chi connectivity index (χ4n) is 2.64. The van der Waals surface area contributed by atoms with Crippen molar-refractivity contribution >= 4 is 17.3 Å². The van der Waals surface area contributed by atoms with Crippen LogP contribution in [0, 0.1) is 0 Å². The molecule has 0 atom stereocenters. The molecule has 0 unspecified atom stereocenters. The van der Waals surface area contributed by atoms with E-state index in [9.17, 15) is 4.79 Å². The second-order valence-corrected chi connectivity index (χ2v) is 6.38. The van der Waals surface area contributed by atoms with Crippen molar-refractivity contribution in [2.24, 2.45) is 0 Å². The summed E-state index contributed by atoms with van der Waals surface area (Å²) in [5.41, 5.74) is 1.68. The van der Waals surface area contributed by atoms with Gasteiger partial charge < -0.3 is 29.7 Å². The second kappa shape index (κ2) is 10.4. The highest BCUT2D eigenvalue weighted by Gasteiger charge is 2.15. The van der Waals surface area contributed by atoms with Gasteiger partial charge in [-0.3, -0.25) is 9.78 Å². The Hall–Kier alpha value is -3.00. The first-order chi connectivity index (χ1) is 13.5. The van der Waals surface area contributed by atoms with E-state index in [4.69, 9.17) is 14.2 Å². The molecule has 152 valence electrons. The highest BCUT2D eigenvalue weighted by atomic mass is 16.5. The minimum Gasteiger partial charge on any atom is -0.493 e.